The van der Waals surface area contributed by atoms with Gasteiger partial charge in [0.15, 0.2) is 5.78 Å². The molecule has 2 aromatic carbocycles. The summed E-state index contributed by atoms with van der Waals surface area (Å²) in [5, 5.41) is 2.85. The van der Waals surface area contributed by atoms with Gasteiger partial charge in [0.1, 0.15) is 5.75 Å². The number of methoxy groups -OCH3 is 1. The number of nitrogens with one attached hydrogen (secondary N) is 1. The summed E-state index contributed by atoms with van der Waals surface area (Å²) in [6.07, 6.45) is 1.31. The molecule has 0 saturated heterocycles. The van der Waals surface area contributed by atoms with Crippen LogP contribution in [0, 0.1) is 0 Å². The van der Waals surface area contributed by atoms with Crippen molar-refractivity contribution in [3.63, 3.8) is 0 Å². The second kappa shape index (κ2) is 5.40. The lowest BCUT2D eigenvalue weighted by molar-refractivity contribution is 0.0992. The molecule has 0 spiro atoms. The molecule has 0 radical (unpaired) electrons. The average Bonchev–Trinajstić information content (AvgIpc) is 2.88. The Balaban J connectivity index is 1.80. The van der Waals surface area contributed by atoms with Gasteiger partial charge >= 0.3 is 0 Å². The monoisotopic (exact) mass is 281 g/mol. The smallest absolute Gasteiger partial charge is 0.255 e. The van der Waals surface area contributed by atoms with E-state index in [4.69, 9.17) is 4.74 Å². The lowest BCUT2D eigenvalue weighted by atomic mass is 10.1. The van der Waals surface area contributed by atoms with Crippen molar-refractivity contribution >= 4 is 17.4 Å². The highest BCUT2D eigenvalue weighted by atomic mass is 16.5. The van der Waals surface area contributed by atoms with Crippen molar-refractivity contribution in [2.75, 3.05) is 12.4 Å². The molecule has 0 atom stereocenters. The van der Waals surface area contributed by atoms with Crippen molar-refractivity contribution < 1.29 is 14.3 Å². The van der Waals surface area contributed by atoms with E-state index in [9.17, 15) is 9.59 Å². The molecule has 0 aromatic heterocycles. The Morgan fingerprint density at radius 1 is 1.14 bits per heavy atom. The molecular formula is C17H15NO3. The van der Waals surface area contributed by atoms with Gasteiger partial charge in [0.05, 0.1) is 7.11 Å². The maximum Gasteiger partial charge on any atom is 0.255 e. The summed E-state index contributed by atoms with van der Waals surface area (Å²) in [4.78, 5) is 23.8. The highest BCUT2D eigenvalue weighted by molar-refractivity contribution is 6.05. The van der Waals surface area contributed by atoms with E-state index in [1.54, 1.807) is 43.5 Å². The maximum atomic E-state index is 12.2. The molecule has 4 nitrogen and oxygen atoms in total. The zero-order chi connectivity index (χ0) is 14.8. The molecule has 1 aliphatic carbocycles. The zero-order valence-electron chi connectivity index (χ0n) is 11.7. The van der Waals surface area contributed by atoms with Gasteiger partial charge in [0.2, 0.25) is 0 Å². The predicted molar refractivity (Wildman–Crippen MR) is 80.0 cm³/mol. The first-order valence-corrected chi connectivity index (χ1v) is 6.79. The van der Waals surface area contributed by atoms with Crippen LogP contribution in [0.2, 0.25) is 0 Å². The van der Waals surface area contributed by atoms with Crippen LogP contribution in [-0.2, 0) is 6.42 Å². The van der Waals surface area contributed by atoms with Crippen molar-refractivity contribution in [1.82, 2.24) is 0 Å². The molecule has 0 unspecified atom stereocenters. The molecule has 4 heteroatoms. The van der Waals surface area contributed by atoms with E-state index in [1.807, 2.05) is 6.07 Å². The standard InChI is InChI=1S/C17H15NO3/c1-21-14-4-2-3-12(10-14)17(20)18-13-6-7-15-11(9-13)5-8-16(15)19/h2-4,6-7,9-10H,5,8H2,1H3,(H,18,20). The number of aryl methyl sites for hydroxylation is 1. The third-order valence-corrected chi connectivity index (χ3v) is 3.62. The molecule has 0 heterocycles. The number of anilines is 1. The summed E-state index contributed by atoms with van der Waals surface area (Å²) in [7, 11) is 1.56. The highest BCUT2D eigenvalue weighted by Crippen LogP contribution is 2.25. The quantitative estimate of drug-likeness (QED) is 0.940. The topological polar surface area (TPSA) is 55.4 Å². The third-order valence-electron chi connectivity index (χ3n) is 3.62. The van der Waals surface area contributed by atoms with Gasteiger partial charge in [-0.2, -0.15) is 0 Å². The van der Waals surface area contributed by atoms with Gasteiger partial charge < -0.3 is 10.1 Å². The Labute approximate surface area is 122 Å². The minimum absolute atomic E-state index is 0.177. The number of ketones is 1. The number of hydrogen-bond acceptors (Lipinski definition) is 3. The molecule has 21 heavy (non-hydrogen) atoms. The Kier molecular flexibility index (Phi) is 3.44. The Morgan fingerprint density at radius 2 is 2.00 bits per heavy atom. The first-order valence-electron chi connectivity index (χ1n) is 6.79. The van der Waals surface area contributed by atoms with E-state index in [-0.39, 0.29) is 11.7 Å². The van der Waals surface area contributed by atoms with Gasteiger partial charge in [-0.3, -0.25) is 9.59 Å². The van der Waals surface area contributed by atoms with Crippen molar-refractivity contribution in [3.05, 3.63) is 59.2 Å². The number of amides is 1. The number of carbonyl (C=O) groups is 2. The van der Waals surface area contributed by atoms with Crippen LogP contribution in [0.3, 0.4) is 0 Å². The summed E-state index contributed by atoms with van der Waals surface area (Å²) in [5.41, 5.74) is 3.01. The fourth-order valence-electron chi connectivity index (χ4n) is 2.50. The summed E-state index contributed by atoms with van der Waals surface area (Å²) in [6, 6.07) is 12.4. The van der Waals surface area contributed by atoms with Crippen LogP contribution >= 0.6 is 0 Å². The van der Waals surface area contributed by atoms with Crippen molar-refractivity contribution in [2.24, 2.45) is 0 Å². The number of Topliss-reactive ketones (excluding diaryl/α,β-unsaturated/α-hetero) is 1. The van der Waals surface area contributed by atoms with E-state index >= 15 is 0 Å². The van der Waals surface area contributed by atoms with E-state index < -0.39 is 0 Å². The second-order valence-electron chi connectivity index (χ2n) is 4.98. The second-order valence-corrected chi connectivity index (χ2v) is 4.98. The van der Waals surface area contributed by atoms with Crippen LogP contribution in [0.15, 0.2) is 42.5 Å². The fourth-order valence-corrected chi connectivity index (χ4v) is 2.50. The van der Waals surface area contributed by atoms with Gasteiger partial charge in [-0.05, 0) is 48.4 Å². The Morgan fingerprint density at radius 3 is 2.81 bits per heavy atom. The van der Waals surface area contributed by atoms with E-state index in [0.717, 1.165) is 17.5 Å². The van der Waals surface area contributed by atoms with E-state index in [1.165, 1.54) is 0 Å². The van der Waals surface area contributed by atoms with Crippen LogP contribution in [0.4, 0.5) is 5.69 Å². The maximum absolute atomic E-state index is 12.2. The number of fused-ring (bicyclic) bond motifs is 1. The van der Waals surface area contributed by atoms with Crippen LogP contribution in [0.1, 0.15) is 32.7 Å². The average molecular weight is 281 g/mol. The molecule has 1 N–H and O–H groups in total. The molecule has 3 rings (SSSR count). The number of rotatable bonds is 3. The van der Waals surface area contributed by atoms with Gasteiger partial charge in [0, 0.05) is 23.2 Å². The first-order chi connectivity index (χ1) is 10.2. The molecule has 0 bridgehead atoms. The Bertz CT molecular complexity index is 722. The van der Waals surface area contributed by atoms with Crippen molar-refractivity contribution in [2.45, 2.75) is 12.8 Å². The lowest BCUT2D eigenvalue weighted by Gasteiger charge is -2.08. The third kappa shape index (κ3) is 2.65. The summed E-state index contributed by atoms with van der Waals surface area (Å²) >= 11 is 0. The molecule has 0 fully saturated rings. The molecule has 0 aliphatic heterocycles. The zero-order valence-corrected chi connectivity index (χ0v) is 11.7. The largest absolute Gasteiger partial charge is 0.497 e. The molecule has 1 amide bonds. The van der Waals surface area contributed by atoms with Crippen LogP contribution < -0.4 is 10.1 Å². The SMILES string of the molecule is COc1cccc(C(=O)Nc2ccc3c(c2)CCC3=O)c1. The molecule has 1 aliphatic rings. The number of ether oxygens (including phenoxy) is 1. The summed E-state index contributed by atoms with van der Waals surface area (Å²) in [6.45, 7) is 0. The lowest BCUT2D eigenvalue weighted by Crippen LogP contribution is -2.12. The van der Waals surface area contributed by atoms with Gasteiger partial charge in [0.25, 0.3) is 5.91 Å². The molecule has 0 saturated carbocycles. The van der Waals surface area contributed by atoms with Crippen molar-refractivity contribution in [1.29, 1.82) is 0 Å². The normalized spacial score (nSPS) is 12.9. The van der Waals surface area contributed by atoms with E-state index in [2.05, 4.69) is 5.32 Å². The molecule has 106 valence electrons. The Hall–Kier alpha value is -2.62. The van der Waals surface area contributed by atoms with Crippen LogP contribution in [-0.4, -0.2) is 18.8 Å². The molecular weight excluding hydrogens is 266 g/mol. The van der Waals surface area contributed by atoms with Gasteiger partial charge in [-0.25, -0.2) is 0 Å². The first kappa shape index (κ1) is 13.4. The van der Waals surface area contributed by atoms with Gasteiger partial charge in [-0.1, -0.05) is 6.07 Å². The van der Waals surface area contributed by atoms with Crippen molar-refractivity contribution in [3.8, 4) is 5.75 Å². The minimum Gasteiger partial charge on any atom is -0.497 e. The highest BCUT2D eigenvalue weighted by Gasteiger charge is 2.19. The van der Waals surface area contributed by atoms with Gasteiger partial charge in [-0.15, -0.1) is 0 Å². The minimum atomic E-state index is -0.196. The number of benzene rings is 2. The van der Waals surface area contributed by atoms with E-state index in [0.29, 0.717) is 23.4 Å². The van der Waals surface area contributed by atoms with Crippen LogP contribution in [0.25, 0.3) is 0 Å². The number of carbonyl (C=O) groups excluding carboxylic acids is 2. The van der Waals surface area contributed by atoms with Crippen LogP contribution in [0.5, 0.6) is 5.75 Å². The predicted octanol–water partition coefficient (Wildman–Crippen LogP) is 3.08. The summed E-state index contributed by atoms with van der Waals surface area (Å²) < 4.78 is 5.11. The number of hydrogen-bond donors (Lipinski definition) is 1. The fraction of sp³-hybridized carbons (Fsp3) is 0.176. The summed E-state index contributed by atoms with van der Waals surface area (Å²) in [5.74, 6) is 0.621. The molecule has 2 aromatic rings.